The van der Waals surface area contributed by atoms with Crippen molar-refractivity contribution in [1.82, 2.24) is 0 Å². The first kappa shape index (κ1) is 96.2. The number of carbonyl (C=O) groups is 4. The molecule has 5 atom stereocenters. The van der Waals surface area contributed by atoms with Crippen LogP contribution in [0, 0.1) is 0 Å². The summed E-state index contributed by atoms with van der Waals surface area (Å²) in [4.78, 5) is 73.0. The van der Waals surface area contributed by atoms with E-state index in [1.807, 2.05) is 0 Å². The number of unbranched alkanes of at least 4 members (excludes halogenated alkanes) is 35. The molecule has 0 aromatic carbocycles. The number of allylic oxidation sites excluding steroid dienone is 14. The standard InChI is InChI=1S/C81H144O17P2/c1-5-9-13-17-21-25-29-33-36-37-40-43-46-50-54-58-62-66-79(84)92-71-76(97-80(85)67-63-59-55-51-47-41-32-28-24-20-16-12-8-4)73-95-99(87,88)93-69-75(82)70-94-100(89,90)96-74-77(98-81(86)68-64-60-56-52-48-44-39-35-31-27-23-19-15-11-7-3)72-91-78(83)65-61-57-53-49-45-42-38-34-30-26-22-18-14-10-6-2/h9,13,21-22,25-26,33-36,38-40,43,75-77,82H,5-8,10-12,14-20,23-24,27-32,37,41-42,44-74H2,1-4H3,(H,87,88)(H,89,90)/b13-9-,25-21-,26-22-,36-33-,38-34-,39-35-,43-40-. The fourth-order valence-electron chi connectivity index (χ4n) is 10.8. The van der Waals surface area contributed by atoms with Crippen molar-refractivity contribution in [1.29, 1.82) is 0 Å². The van der Waals surface area contributed by atoms with Gasteiger partial charge < -0.3 is 33.8 Å². The van der Waals surface area contributed by atoms with E-state index in [0.29, 0.717) is 25.7 Å². The number of aliphatic hydroxyl groups is 1. The van der Waals surface area contributed by atoms with Crippen molar-refractivity contribution in [3.05, 3.63) is 85.1 Å². The zero-order valence-electron chi connectivity index (χ0n) is 63.4. The van der Waals surface area contributed by atoms with Crippen molar-refractivity contribution >= 4 is 39.5 Å². The maximum absolute atomic E-state index is 13.1. The van der Waals surface area contributed by atoms with Crippen LogP contribution in [0.15, 0.2) is 85.1 Å². The molecule has 5 unspecified atom stereocenters. The minimum atomic E-state index is -4.98. The molecule has 0 radical (unpaired) electrons. The lowest BCUT2D eigenvalue weighted by Gasteiger charge is -2.21. The Bertz CT molecular complexity index is 2230. The highest BCUT2D eigenvalue weighted by atomic mass is 31.2. The molecule has 0 fully saturated rings. The summed E-state index contributed by atoms with van der Waals surface area (Å²) in [5, 5.41) is 10.6. The predicted octanol–water partition coefficient (Wildman–Crippen LogP) is 23.0. The highest BCUT2D eigenvalue weighted by Crippen LogP contribution is 2.45. The Balaban J connectivity index is 5.36. The first-order valence-corrected chi connectivity index (χ1v) is 42.8. The molecular weight excluding hydrogens is 1310 g/mol. The van der Waals surface area contributed by atoms with E-state index in [2.05, 4.69) is 113 Å². The average molecular weight is 1450 g/mol. The molecule has 0 saturated heterocycles. The second-order valence-electron chi connectivity index (χ2n) is 26.6. The third-order valence-corrected chi connectivity index (χ3v) is 18.7. The van der Waals surface area contributed by atoms with Gasteiger partial charge >= 0.3 is 39.5 Å². The number of carbonyl (C=O) groups excluding carboxylic acids is 4. The van der Waals surface area contributed by atoms with Crippen LogP contribution in [0.25, 0.3) is 0 Å². The summed E-state index contributed by atoms with van der Waals surface area (Å²) < 4.78 is 68.6. The minimum absolute atomic E-state index is 0.0839. The molecule has 0 rings (SSSR count). The number of esters is 4. The molecule has 0 spiro atoms. The molecule has 100 heavy (non-hydrogen) atoms. The third kappa shape index (κ3) is 72.6. The van der Waals surface area contributed by atoms with Gasteiger partial charge in [-0.1, -0.05) is 286 Å². The highest BCUT2D eigenvalue weighted by molar-refractivity contribution is 7.47. The van der Waals surface area contributed by atoms with Crippen LogP contribution in [-0.4, -0.2) is 96.7 Å². The number of rotatable bonds is 75. The summed E-state index contributed by atoms with van der Waals surface area (Å²) in [6.07, 6.45) is 75.6. The fourth-order valence-corrected chi connectivity index (χ4v) is 12.3. The minimum Gasteiger partial charge on any atom is -0.462 e. The van der Waals surface area contributed by atoms with Gasteiger partial charge in [-0.2, -0.15) is 0 Å². The summed E-state index contributed by atoms with van der Waals surface area (Å²) >= 11 is 0. The quantitative estimate of drug-likeness (QED) is 0.0169. The molecule has 0 aromatic rings. The Morgan fingerprint density at radius 3 is 0.830 bits per heavy atom. The molecule has 0 aliphatic heterocycles. The zero-order valence-corrected chi connectivity index (χ0v) is 65.2. The summed E-state index contributed by atoms with van der Waals surface area (Å²) in [6.45, 7) is 4.73. The lowest BCUT2D eigenvalue weighted by molar-refractivity contribution is -0.161. The van der Waals surface area contributed by atoms with E-state index in [9.17, 15) is 43.2 Å². The molecule has 0 heterocycles. The monoisotopic (exact) mass is 1450 g/mol. The first-order valence-electron chi connectivity index (χ1n) is 39.8. The van der Waals surface area contributed by atoms with Gasteiger partial charge in [-0.25, -0.2) is 9.13 Å². The summed E-state index contributed by atoms with van der Waals surface area (Å²) in [5.41, 5.74) is 0. The van der Waals surface area contributed by atoms with Gasteiger partial charge in [0.1, 0.15) is 19.3 Å². The zero-order chi connectivity index (χ0) is 73.2. The third-order valence-electron chi connectivity index (χ3n) is 16.8. The van der Waals surface area contributed by atoms with E-state index in [1.165, 1.54) is 109 Å². The lowest BCUT2D eigenvalue weighted by atomic mass is 10.0. The van der Waals surface area contributed by atoms with Crippen LogP contribution in [-0.2, 0) is 65.4 Å². The van der Waals surface area contributed by atoms with Gasteiger partial charge in [-0.15, -0.1) is 0 Å². The van der Waals surface area contributed by atoms with Crippen LogP contribution < -0.4 is 0 Å². The molecule has 0 aromatic heterocycles. The van der Waals surface area contributed by atoms with Crippen LogP contribution in [0.4, 0.5) is 0 Å². The predicted molar refractivity (Wildman–Crippen MR) is 409 cm³/mol. The number of phosphoric ester groups is 2. The number of ether oxygens (including phenoxy) is 4. The van der Waals surface area contributed by atoms with Gasteiger partial charge in [0.05, 0.1) is 26.4 Å². The van der Waals surface area contributed by atoms with Crippen LogP contribution >= 0.6 is 15.6 Å². The maximum Gasteiger partial charge on any atom is 0.472 e. The second-order valence-corrected chi connectivity index (χ2v) is 29.5. The van der Waals surface area contributed by atoms with Crippen molar-refractivity contribution in [2.24, 2.45) is 0 Å². The Morgan fingerprint density at radius 2 is 0.520 bits per heavy atom. The topological polar surface area (TPSA) is 237 Å². The van der Waals surface area contributed by atoms with Crippen LogP contribution in [0.3, 0.4) is 0 Å². The van der Waals surface area contributed by atoms with E-state index in [0.717, 1.165) is 161 Å². The Kier molecular flexibility index (Phi) is 70.8. The molecule has 3 N–H and O–H groups in total. The molecule has 0 amide bonds. The summed E-state index contributed by atoms with van der Waals surface area (Å²) in [7, 11) is -9.96. The number of hydrogen-bond donors (Lipinski definition) is 3. The second kappa shape index (κ2) is 73.5. The number of hydrogen-bond acceptors (Lipinski definition) is 15. The molecular formula is C81H144O17P2. The Hall–Kier alpha value is -3.76. The summed E-state index contributed by atoms with van der Waals surface area (Å²) in [6, 6.07) is 0. The van der Waals surface area contributed by atoms with E-state index in [-0.39, 0.29) is 25.7 Å². The summed E-state index contributed by atoms with van der Waals surface area (Å²) in [5.74, 6) is -2.20. The average Bonchev–Trinajstić information content (AvgIpc) is 0.965. The Labute approximate surface area is 608 Å². The van der Waals surface area contributed by atoms with Crippen molar-refractivity contribution in [2.45, 2.75) is 367 Å². The van der Waals surface area contributed by atoms with Gasteiger partial charge in [0, 0.05) is 25.7 Å². The van der Waals surface area contributed by atoms with Gasteiger partial charge in [-0.3, -0.25) is 37.3 Å². The lowest BCUT2D eigenvalue weighted by Crippen LogP contribution is -2.30. The molecule has 0 aliphatic rings. The van der Waals surface area contributed by atoms with Crippen LogP contribution in [0.1, 0.15) is 349 Å². The van der Waals surface area contributed by atoms with Crippen LogP contribution in [0.2, 0.25) is 0 Å². The van der Waals surface area contributed by atoms with Crippen molar-refractivity contribution < 1.29 is 80.2 Å². The SMILES string of the molecule is CC/C=C\C/C=C\C/C=C\C/C=C\CCCCCCC(=O)OCC(COP(=O)(O)OCC(O)COP(=O)(O)OCC(COC(=O)CCCCCCC/C=C\C/C=C\CCCCC)OC(=O)CCCCCCC/C=C\CCCCCCCC)OC(=O)CCCCCCCCCCCCCCC. The van der Waals surface area contributed by atoms with Gasteiger partial charge in [-0.05, 0) is 122 Å². The molecule has 0 bridgehead atoms. The van der Waals surface area contributed by atoms with Crippen molar-refractivity contribution in [3.63, 3.8) is 0 Å². The first-order chi connectivity index (χ1) is 48.7. The van der Waals surface area contributed by atoms with Crippen molar-refractivity contribution in [2.75, 3.05) is 39.6 Å². The maximum atomic E-state index is 13.1. The van der Waals surface area contributed by atoms with Gasteiger partial charge in [0.2, 0.25) is 0 Å². The molecule has 0 saturated carbocycles. The normalized spacial score (nSPS) is 14.3. The van der Waals surface area contributed by atoms with Crippen molar-refractivity contribution in [3.8, 4) is 0 Å². The molecule has 19 heteroatoms. The number of aliphatic hydroxyl groups excluding tert-OH is 1. The van der Waals surface area contributed by atoms with E-state index in [4.69, 9.17) is 37.0 Å². The van der Waals surface area contributed by atoms with E-state index >= 15 is 0 Å². The Morgan fingerprint density at radius 1 is 0.290 bits per heavy atom. The smallest absolute Gasteiger partial charge is 0.462 e. The van der Waals surface area contributed by atoms with E-state index < -0.39 is 97.5 Å². The molecule has 580 valence electrons. The molecule has 17 nitrogen and oxygen atoms in total. The largest absolute Gasteiger partial charge is 0.472 e. The molecule has 0 aliphatic carbocycles. The highest BCUT2D eigenvalue weighted by Gasteiger charge is 2.30. The van der Waals surface area contributed by atoms with Gasteiger partial charge in [0.15, 0.2) is 12.2 Å². The fraction of sp³-hybridized carbons (Fsp3) is 0.778. The van der Waals surface area contributed by atoms with E-state index in [1.54, 1.807) is 0 Å². The van der Waals surface area contributed by atoms with Gasteiger partial charge in [0.25, 0.3) is 0 Å². The van der Waals surface area contributed by atoms with Crippen LogP contribution in [0.5, 0.6) is 0 Å². The number of phosphoric acid groups is 2.